The van der Waals surface area contributed by atoms with Crippen LogP contribution in [0.15, 0.2) is 18.3 Å². The molecule has 1 N–H and O–H groups in total. The van der Waals surface area contributed by atoms with Gasteiger partial charge in [0.1, 0.15) is 17.0 Å². The highest BCUT2D eigenvalue weighted by Crippen LogP contribution is 2.52. The van der Waals surface area contributed by atoms with E-state index in [0.29, 0.717) is 10.9 Å². The largest absolute Gasteiger partial charge is 0.487 e. The van der Waals surface area contributed by atoms with Crippen LogP contribution in [0.1, 0.15) is 0 Å². The Balaban J connectivity index is 1.70. The third kappa shape index (κ3) is 2.27. The summed E-state index contributed by atoms with van der Waals surface area (Å²) in [5.74, 6) is 0.690. The Hall–Kier alpha value is -1.05. The summed E-state index contributed by atoms with van der Waals surface area (Å²) < 4.78 is 10.6. The number of ether oxygens (including phenoxy) is 2. The van der Waals surface area contributed by atoms with Gasteiger partial charge in [0.15, 0.2) is 0 Å². The molecule has 3 rings (SSSR count). The maximum Gasteiger partial charge on any atom is 0.410 e. The highest BCUT2D eigenvalue weighted by Gasteiger charge is 2.68. The number of rotatable bonds is 3. The molecule has 0 bridgehead atoms. The Kier molecular flexibility index (Phi) is 3.98. The molecule has 1 amide bonds. The van der Waals surface area contributed by atoms with E-state index >= 15 is 0 Å². The highest BCUT2D eigenvalue weighted by molar-refractivity contribution is 9.09. The second kappa shape index (κ2) is 5.62. The second-order valence-electron chi connectivity index (χ2n) is 5.04. The van der Waals surface area contributed by atoms with Crippen molar-refractivity contribution in [3.05, 3.63) is 23.5 Å². The number of halogens is 2. The number of nitrogens with zero attached hydrogens (tertiary/aromatic N) is 2. The molecule has 1 unspecified atom stereocenters. The van der Waals surface area contributed by atoms with Crippen LogP contribution in [-0.4, -0.2) is 57.8 Å². The number of aliphatic hydroxyl groups is 1. The van der Waals surface area contributed by atoms with E-state index in [1.165, 1.54) is 7.11 Å². The molecule has 2 heterocycles. The fourth-order valence-electron chi connectivity index (χ4n) is 3.06. The summed E-state index contributed by atoms with van der Waals surface area (Å²) >= 11 is 9.28. The van der Waals surface area contributed by atoms with Crippen molar-refractivity contribution in [3.8, 4) is 5.75 Å². The van der Waals surface area contributed by atoms with Gasteiger partial charge < -0.3 is 14.6 Å². The van der Waals surface area contributed by atoms with Gasteiger partial charge in [-0.15, -0.1) is 0 Å². The minimum Gasteiger partial charge on any atom is -0.487 e. The molecular formula is C13H14BrClN2O4. The first-order valence-corrected chi connectivity index (χ1v) is 7.77. The number of methoxy groups -OCH3 is 1. The van der Waals surface area contributed by atoms with E-state index < -0.39 is 6.09 Å². The minimum atomic E-state index is -0.425. The van der Waals surface area contributed by atoms with E-state index in [1.807, 2.05) is 0 Å². The van der Waals surface area contributed by atoms with Crippen LogP contribution in [0.25, 0.3) is 0 Å². The maximum absolute atomic E-state index is 11.7. The minimum absolute atomic E-state index is 0.0138. The molecule has 2 fully saturated rings. The van der Waals surface area contributed by atoms with Gasteiger partial charge in [-0.1, -0.05) is 27.5 Å². The van der Waals surface area contributed by atoms with Gasteiger partial charge in [-0.25, -0.2) is 9.78 Å². The van der Waals surface area contributed by atoms with Crippen molar-refractivity contribution in [1.29, 1.82) is 0 Å². The second-order valence-corrected chi connectivity index (χ2v) is 6.48. The molecule has 1 aromatic rings. The van der Waals surface area contributed by atoms with Crippen molar-refractivity contribution in [3.63, 3.8) is 0 Å². The zero-order valence-corrected chi connectivity index (χ0v) is 13.5. The molecule has 0 aromatic carbocycles. The Labute approximate surface area is 135 Å². The van der Waals surface area contributed by atoms with Gasteiger partial charge in [-0.05, 0) is 12.1 Å². The maximum atomic E-state index is 11.7. The summed E-state index contributed by atoms with van der Waals surface area (Å²) in [6.07, 6.45) is 1.00. The molecule has 5 atom stereocenters. The monoisotopic (exact) mass is 376 g/mol. The molecule has 0 spiro atoms. The lowest BCUT2D eigenvalue weighted by atomic mass is 9.63. The van der Waals surface area contributed by atoms with Gasteiger partial charge >= 0.3 is 6.09 Å². The number of fused-ring (bicyclic) bond motifs is 1. The lowest BCUT2D eigenvalue weighted by Gasteiger charge is -2.65. The number of pyridine rings is 1. The molecule has 8 heteroatoms. The number of carbonyl (C=O) groups excluding carboxylic acids is 1. The van der Waals surface area contributed by atoms with Crippen LogP contribution in [0, 0.1) is 5.92 Å². The number of piperidine rings is 1. The summed E-state index contributed by atoms with van der Waals surface area (Å²) in [7, 11) is 1.33. The van der Waals surface area contributed by atoms with E-state index in [0.717, 1.165) is 0 Å². The first kappa shape index (κ1) is 14.9. The van der Waals surface area contributed by atoms with Gasteiger partial charge in [0, 0.05) is 5.92 Å². The molecule has 1 aromatic heterocycles. The Morgan fingerprint density at radius 1 is 1.57 bits per heavy atom. The average molecular weight is 378 g/mol. The standard InChI is InChI=1S/C13H14BrClN2O4/c1-20-13(19)17-7(5-18)9-11(17)10(14)12(9)21-6-2-3-8(15)16-4-6/h2-4,7,9-12,18H,5H2,1H3/t7-,9?,10+,11-,12+/m1/s1. The van der Waals surface area contributed by atoms with Gasteiger partial charge in [0.05, 0.1) is 36.8 Å². The van der Waals surface area contributed by atoms with E-state index in [1.54, 1.807) is 23.2 Å². The number of aliphatic hydroxyl groups excluding tert-OH is 1. The quantitative estimate of drug-likeness (QED) is 0.641. The van der Waals surface area contributed by atoms with Gasteiger partial charge in [0.2, 0.25) is 0 Å². The lowest BCUT2D eigenvalue weighted by molar-refractivity contribution is -0.170. The van der Waals surface area contributed by atoms with Gasteiger partial charge in [-0.2, -0.15) is 0 Å². The van der Waals surface area contributed by atoms with Crippen molar-refractivity contribution in [2.75, 3.05) is 13.7 Å². The summed E-state index contributed by atoms with van der Waals surface area (Å²) in [5, 5.41) is 9.88. The summed E-state index contributed by atoms with van der Waals surface area (Å²) in [6, 6.07) is 3.11. The number of carbonyl (C=O) groups is 1. The first-order chi connectivity index (χ1) is 10.1. The van der Waals surface area contributed by atoms with Crippen molar-refractivity contribution in [2.24, 2.45) is 5.92 Å². The number of hydrogen-bond acceptors (Lipinski definition) is 5. The molecule has 2 aliphatic rings. The van der Waals surface area contributed by atoms with Crippen LogP contribution in [0.2, 0.25) is 5.15 Å². The van der Waals surface area contributed by atoms with Crippen molar-refractivity contribution >= 4 is 33.6 Å². The van der Waals surface area contributed by atoms with E-state index in [-0.39, 0.29) is 35.5 Å². The molecule has 1 saturated carbocycles. The molecule has 114 valence electrons. The van der Waals surface area contributed by atoms with Crippen LogP contribution in [0.5, 0.6) is 5.75 Å². The summed E-state index contributed by atoms with van der Waals surface area (Å²) in [5.41, 5.74) is 0. The van der Waals surface area contributed by atoms with Crippen LogP contribution >= 0.6 is 27.5 Å². The van der Waals surface area contributed by atoms with Gasteiger partial charge in [0.25, 0.3) is 0 Å². The average Bonchev–Trinajstić information content (AvgIpc) is 2.47. The smallest absolute Gasteiger partial charge is 0.410 e. The molecule has 21 heavy (non-hydrogen) atoms. The zero-order chi connectivity index (χ0) is 15.1. The first-order valence-electron chi connectivity index (χ1n) is 6.48. The normalized spacial score (nSPS) is 33.5. The lowest BCUT2D eigenvalue weighted by Crippen LogP contribution is -2.83. The van der Waals surface area contributed by atoms with Gasteiger partial charge in [-0.3, -0.25) is 4.90 Å². The fraction of sp³-hybridized carbons (Fsp3) is 0.538. The molecule has 1 aliphatic heterocycles. The van der Waals surface area contributed by atoms with Crippen LogP contribution in [-0.2, 0) is 4.74 Å². The SMILES string of the molecule is COC(=O)N1[C@H](CO)C2[C@@H]1[C@H](Br)[C@H]2Oc1ccc(Cl)nc1. The van der Waals surface area contributed by atoms with E-state index in [4.69, 9.17) is 21.1 Å². The fourth-order valence-corrected chi connectivity index (χ4v) is 4.24. The Morgan fingerprint density at radius 2 is 2.33 bits per heavy atom. The van der Waals surface area contributed by atoms with Crippen LogP contribution in [0.3, 0.4) is 0 Å². The molecule has 1 saturated heterocycles. The number of likely N-dealkylation sites (tertiary alicyclic amines) is 1. The molecule has 1 aliphatic carbocycles. The summed E-state index contributed by atoms with van der Waals surface area (Å²) in [4.78, 5) is 17.2. The van der Waals surface area contributed by atoms with Crippen LogP contribution < -0.4 is 4.74 Å². The van der Waals surface area contributed by atoms with E-state index in [9.17, 15) is 9.90 Å². The molecule has 0 radical (unpaired) electrons. The molecule has 6 nitrogen and oxygen atoms in total. The number of amides is 1. The van der Waals surface area contributed by atoms with Crippen molar-refractivity contribution in [2.45, 2.75) is 23.0 Å². The number of hydrogen-bond donors (Lipinski definition) is 1. The zero-order valence-electron chi connectivity index (χ0n) is 11.1. The van der Waals surface area contributed by atoms with Crippen LogP contribution in [0.4, 0.5) is 4.79 Å². The number of alkyl halides is 1. The predicted octanol–water partition coefficient (Wildman–Crippen LogP) is 1.69. The van der Waals surface area contributed by atoms with Crippen molar-refractivity contribution < 1.29 is 19.4 Å². The van der Waals surface area contributed by atoms with Crippen molar-refractivity contribution in [1.82, 2.24) is 9.88 Å². The number of aromatic nitrogens is 1. The predicted molar refractivity (Wildman–Crippen MR) is 78.8 cm³/mol. The third-order valence-electron chi connectivity index (χ3n) is 4.08. The molecular weight excluding hydrogens is 364 g/mol. The van der Waals surface area contributed by atoms with E-state index in [2.05, 4.69) is 20.9 Å². The summed E-state index contributed by atoms with van der Waals surface area (Å²) in [6.45, 7) is -0.116. The highest BCUT2D eigenvalue weighted by atomic mass is 79.9. The topological polar surface area (TPSA) is 71.9 Å². The Bertz CT molecular complexity index is 537. The Morgan fingerprint density at radius 3 is 2.90 bits per heavy atom. The third-order valence-corrected chi connectivity index (χ3v) is 5.37.